The van der Waals surface area contributed by atoms with Gasteiger partial charge in [0.25, 0.3) is 0 Å². The summed E-state index contributed by atoms with van der Waals surface area (Å²) in [5.41, 5.74) is 2.65. The van der Waals surface area contributed by atoms with Crippen molar-refractivity contribution in [2.24, 2.45) is 17.7 Å². The van der Waals surface area contributed by atoms with Crippen LogP contribution in [-0.2, 0) is 4.79 Å². The molecule has 2 rings (SSSR count). The van der Waals surface area contributed by atoms with Crippen molar-refractivity contribution in [3.8, 4) is 0 Å². The molecule has 104 valence electrons. The van der Waals surface area contributed by atoms with Crippen LogP contribution in [0.4, 0.5) is 0 Å². The summed E-state index contributed by atoms with van der Waals surface area (Å²) in [4.78, 5) is 10.9. The summed E-state index contributed by atoms with van der Waals surface area (Å²) in [7, 11) is 1.84. The SMILES string of the molecule is CC(=O)NC[C@H]1C[C@@H]1C1=CC=CC(I)/C1=C\N(C)N. The van der Waals surface area contributed by atoms with Gasteiger partial charge in [0.1, 0.15) is 0 Å². The van der Waals surface area contributed by atoms with Gasteiger partial charge in [-0.2, -0.15) is 0 Å². The first-order chi connectivity index (χ1) is 8.99. The normalized spacial score (nSPS) is 31.1. The lowest BCUT2D eigenvalue weighted by Crippen LogP contribution is -2.24. The van der Waals surface area contributed by atoms with E-state index in [0.29, 0.717) is 15.8 Å². The summed E-state index contributed by atoms with van der Waals surface area (Å²) >= 11 is 2.42. The molecule has 0 spiro atoms. The highest BCUT2D eigenvalue weighted by Crippen LogP contribution is 2.48. The molecule has 0 saturated heterocycles. The quantitative estimate of drug-likeness (QED) is 0.342. The van der Waals surface area contributed by atoms with Gasteiger partial charge in [-0.1, -0.05) is 40.8 Å². The molecular formula is C14H20IN3O. The first-order valence-electron chi connectivity index (χ1n) is 6.45. The first kappa shape index (κ1) is 14.6. The van der Waals surface area contributed by atoms with E-state index in [4.69, 9.17) is 5.84 Å². The number of hydrogen-bond donors (Lipinski definition) is 2. The minimum Gasteiger partial charge on any atom is -0.356 e. The van der Waals surface area contributed by atoms with Crippen LogP contribution in [0.15, 0.2) is 35.6 Å². The number of carbonyl (C=O) groups excluding carboxylic acids is 1. The van der Waals surface area contributed by atoms with Crippen molar-refractivity contribution in [3.05, 3.63) is 35.6 Å². The Morgan fingerprint density at radius 1 is 1.68 bits per heavy atom. The summed E-state index contributed by atoms with van der Waals surface area (Å²) in [6, 6.07) is 0. The summed E-state index contributed by atoms with van der Waals surface area (Å²) in [6.07, 6.45) is 9.62. The molecule has 3 N–H and O–H groups in total. The van der Waals surface area contributed by atoms with E-state index < -0.39 is 0 Å². The smallest absolute Gasteiger partial charge is 0.216 e. The molecule has 5 heteroatoms. The van der Waals surface area contributed by atoms with Crippen molar-refractivity contribution >= 4 is 28.5 Å². The fourth-order valence-electron chi connectivity index (χ4n) is 2.45. The number of alkyl halides is 1. The second-order valence-electron chi connectivity index (χ2n) is 5.20. The van der Waals surface area contributed by atoms with Crippen LogP contribution in [0.25, 0.3) is 0 Å². The molecule has 0 heterocycles. The van der Waals surface area contributed by atoms with E-state index in [-0.39, 0.29) is 5.91 Å². The molecular weight excluding hydrogens is 353 g/mol. The maximum atomic E-state index is 10.9. The van der Waals surface area contributed by atoms with Crippen molar-refractivity contribution in [2.45, 2.75) is 17.3 Å². The third-order valence-corrected chi connectivity index (χ3v) is 4.55. The Balaban J connectivity index is 2.05. The van der Waals surface area contributed by atoms with Gasteiger partial charge in [0.15, 0.2) is 0 Å². The lowest BCUT2D eigenvalue weighted by Gasteiger charge is -2.21. The van der Waals surface area contributed by atoms with Crippen LogP contribution in [0.5, 0.6) is 0 Å². The largest absolute Gasteiger partial charge is 0.356 e. The highest BCUT2D eigenvalue weighted by Gasteiger charge is 2.41. The average Bonchev–Trinajstić information content (AvgIpc) is 3.08. The molecule has 0 aliphatic heterocycles. The fraction of sp³-hybridized carbons (Fsp3) is 0.500. The molecule has 1 amide bonds. The number of amides is 1. The summed E-state index contributed by atoms with van der Waals surface area (Å²) in [6.45, 7) is 2.34. The third kappa shape index (κ3) is 3.82. The van der Waals surface area contributed by atoms with Crippen LogP contribution >= 0.6 is 22.6 Å². The predicted octanol–water partition coefficient (Wildman–Crippen LogP) is 1.75. The molecule has 19 heavy (non-hydrogen) atoms. The van der Waals surface area contributed by atoms with Crippen LogP contribution in [0, 0.1) is 11.8 Å². The van der Waals surface area contributed by atoms with E-state index in [1.807, 2.05) is 13.2 Å². The monoisotopic (exact) mass is 373 g/mol. The van der Waals surface area contributed by atoms with Crippen LogP contribution in [-0.4, -0.2) is 28.4 Å². The molecule has 2 aliphatic rings. The van der Waals surface area contributed by atoms with Crippen molar-refractivity contribution in [1.29, 1.82) is 0 Å². The van der Waals surface area contributed by atoms with E-state index in [9.17, 15) is 4.79 Å². The maximum Gasteiger partial charge on any atom is 0.216 e. The lowest BCUT2D eigenvalue weighted by atomic mass is 9.94. The number of hydrazine groups is 1. The second-order valence-corrected chi connectivity index (χ2v) is 6.54. The van der Waals surface area contributed by atoms with Gasteiger partial charge in [-0.25, -0.2) is 5.84 Å². The Hall–Kier alpha value is -0.820. The second kappa shape index (κ2) is 6.09. The Bertz CT molecular complexity index is 454. The van der Waals surface area contributed by atoms with E-state index >= 15 is 0 Å². The standard InChI is InChI=1S/C14H20IN3O/c1-9(19)17-7-10-6-12(10)11-4-3-5-14(15)13(11)8-18(2)16/h3-5,8,10,12,14H,6-7,16H2,1-2H3,(H,17,19)/b13-8-/t10-,12+,14?/m1/s1. The van der Waals surface area contributed by atoms with Crippen LogP contribution in [0.1, 0.15) is 13.3 Å². The van der Waals surface area contributed by atoms with Gasteiger partial charge in [0.2, 0.25) is 5.91 Å². The molecule has 2 aliphatic carbocycles. The molecule has 0 aromatic heterocycles. The van der Waals surface area contributed by atoms with Gasteiger partial charge in [-0.3, -0.25) is 4.79 Å². The Morgan fingerprint density at radius 3 is 3.05 bits per heavy atom. The molecule has 0 bridgehead atoms. The van der Waals surface area contributed by atoms with Gasteiger partial charge in [0.05, 0.1) is 3.92 Å². The number of hydrogen-bond acceptors (Lipinski definition) is 3. The van der Waals surface area contributed by atoms with Gasteiger partial charge in [0, 0.05) is 26.7 Å². The third-order valence-electron chi connectivity index (χ3n) is 3.46. The number of halogens is 1. The number of nitrogens with two attached hydrogens (primary N) is 1. The lowest BCUT2D eigenvalue weighted by molar-refractivity contribution is -0.119. The van der Waals surface area contributed by atoms with E-state index in [1.165, 1.54) is 11.1 Å². The van der Waals surface area contributed by atoms with E-state index in [0.717, 1.165) is 13.0 Å². The van der Waals surface area contributed by atoms with E-state index in [2.05, 4.69) is 46.1 Å². The van der Waals surface area contributed by atoms with Crippen molar-refractivity contribution in [3.63, 3.8) is 0 Å². The molecule has 0 aromatic rings. The molecule has 4 nitrogen and oxygen atoms in total. The van der Waals surface area contributed by atoms with Crippen molar-refractivity contribution < 1.29 is 4.79 Å². The molecule has 0 aromatic carbocycles. The Labute approximate surface area is 127 Å². The predicted molar refractivity (Wildman–Crippen MR) is 85.3 cm³/mol. The molecule has 0 radical (unpaired) electrons. The van der Waals surface area contributed by atoms with Crippen molar-refractivity contribution in [2.75, 3.05) is 13.6 Å². The number of rotatable bonds is 4. The zero-order valence-electron chi connectivity index (χ0n) is 11.3. The Morgan fingerprint density at radius 2 is 2.42 bits per heavy atom. The molecule has 3 atom stereocenters. The summed E-state index contributed by atoms with van der Waals surface area (Å²) < 4.78 is 0.366. The fourth-order valence-corrected chi connectivity index (χ4v) is 3.21. The number of nitrogens with one attached hydrogen (secondary N) is 1. The molecule has 1 saturated carbocycles. The number of carbonyl (C=O) groups is 1. The Kier molecular flexibility index (Phi) is 4.67. The highest BCUT2D eigenvalue weighted by molar-refractivity contribution is 14.1. The van der Waals surface area contributed by atoms with Crippen molar-refractivity contribution in [1.82, 2.24) is 10.3 Å². The topological polar surface area (TPSA) is 58.4 Å². The minimum atomic E-state index is 0.0485. The van der Waals surface area contributed by atoms with Gasteiger partial charge < -0.3 is 10.3 Å². The summed E-state index contributed by atoms with van der Waals surface area (Å²) in [5.74, 6) is 6.92. The minimum absolute atomic E-state index is 0.0485. The maximum absolute atomic E-state index is 10.9. The molecule has 1 fully saturated rings. The van der Waals surface area contributed by atoms with Crippen LogP contribution in [0.2, 0.25) is 0 Å². The van der Waals surface area contributed by atoms with Crippen LogP contribution < -0.4 is 11.2 Å². The van der Waals surface area contributed by atoms with Gasteiger partial charge in [-0.15, -0.1) is 0 Å². The summed E-state index contributed by atoms with van der Waals surface area (Å²) in [5, 5.41) is 4.51. The zero-order valence-corrected chi connectivity index (χ0v) is 13.4. The average molecular weight is 373 g/mol. The van der Waals surface area contributed by atoms with Crippen LogP contribution in [0.3, 0.4) is 0 Å². The van der Waals surface area contributed by atoms with E-state index in [1.54, 1.807) is 11.9 Å². The van der Waals surface area contributed by atoms with Gasteiger partial charge in [-0.05, 0) is 29.4 Å². The van der Waals surface area contributed by atoms with Gasteiger partial charge >= 0.3 is 0 Å². The number of allylic oxidation sites excluding steroid dienone is 5. The number of nitrogens with zero attached hydrogens (tertiary/aromatic N) is 1. The molecule has 1 unspecified atom stereocenters. The first-order valence-corrected chi connectivity index (χ1v) is 7.70. The highest BCUT2D eigenvalue weighted by atomic mass is 127. The zero-order chi connectivity index (χ0) is 14.0.